The van der Waals surface area contributed by atoms with E-state index in [1.54, 1.807) is 6.07 Å². The third-order valence-electron chi connectivity index (χ3n) is 2.03. The number of hydrogen-bond donors (Lipinski definition) is 1. The Morgan fingerprint density at radius 3 is 2.94 bits per heavy atom. The molecule has 0 unspecified atom stereocenters. The van der Waals surface area contributed by atoms with Crippen molar-refractivity contribution < 1.29 is 14.3 Å². The molecule has 0 amide bonds. The van der Waals surface area contributed by atoms with E-state index in [0.717, 1.165) is 10.0 Å². The zero-order chi connectivity index (χ0) is 11.5. The number of benzene rings is 1. The summed E-state index contributed by atoms with van der Waals surface area (Å²) in [4.78, 5) is 3.93. The van der Waals surface area contributed by atoms with E-state index in [0.29, 0.717) is 11.4 Å². The van der Waals surface area contributed by atoms with Gasteiger partial charge in [-0.2, -0.15) is 4.98 Å². The molecule has 0 aliphatic heterocycles. The topological polar surface area (TPSA) is 55.5 Å². The zero-order valence-electron chi connectivity index (χ0n) is 8.61. The summed E-state index contributed by atoms with van der Waals surface area (Å²) >= 11 is 3.40. The van der Waals surface area contributed by atoms with Gasteiger partial charge < -0.3 is 14.3 Å². The van der Waals surface area contributed by atoms with Gasteiger partial charge in [0.2, 0.25) is 0 Å². The third-order valence-corrected chi connectivity index (χ3v) is 2.92. The van der Waals surface area contributed by atoms with E-state index in [1.165, 1.54) is 6.26 Å². The van der Waals surface area contributed by atoms with Gasteiger partial charge in [0.05, 0.1) is 6.61 Å². The summed E-state index contributed by atoms with van der Waals surface area (Å²) in [7, 11) is 0. The molecule has 4 nitrogen and oxygen atoms in total. The second-order valence-electron chi connectivity index (χ2n) is 3.28. The molecule has 0 saturated carbocycles. The standard InChI is InChI=1S/C11H10BrNO3/c1-7-4-9(2-3-10(7)12)16-11-13-8(5-14)6-15-11/h2-4,6,14H,5H2,1H3. The van der Waals surface area contributed by atoms with E-state index >= 15 is 0 Å². The van der Waals surface area contributed by atoms with Crippen molar-refractivity contribution in [3.8, 4) is 11.8 Å². The van der Waals surface area contributed by atoms with Crippen molar-refractivity contribution in [3.05, 3.63) is 40.2 Å². The smallest absolute Gasteiger partial charge is 0.399 e. The van der Waals surface area contributed by atoms with Crippen LogP contribution in [0.3, 0.4) is 0 Å². The summed E-state index contributed by atoms with van der Waals surface area (Å²) in [6, 6.07) is 5.56. The minimum atomic E-state index is -0.160. The van der Waals surface area contributed by atoms with Crippen molar-refractivity contribution in [2.75, 3.05) is 0 Å². The Morgan fingerprint density at radius 1 is 1.50 bits per heavy atom. The van der Waals surface area contributed by atoms with E-state index in [1.807, 2.05) is 19.1 Å². The first-order valence-electron chi connectivity index (χ1n) is 4.68. The van der Waals surface area contributed by atoms with E-state index in [9.17, 15) is 0 Å². The lowest BCUT2D eigenvalue weighted by atomic mass is 10.2. The van der Waals surface area contributed by atoms with Crippen molar-refractivity contribution >= 4 is 15.9 Å². The predicted octanol–water partition coefficient (Wildman–Crippen LogP) is 3.03. The van der Waals surface area contributed by atoms with Gasteiger partial charge in [-0.3, -0.25) is 0 Å². The van der Waals surface area contributed by atoms with Gasteiger partial charge in [0.25, 0.3) is 0 Å². The minimum absolute atomic E-state index is 0.130. The fourth-order valence-corrected chi connectivity index (χ4v) is 1.44. The van der Waals surface area contributed by atoms with E-state index < -0.39 is 0 Å². The third kappa shape index (κ3) is 2.43. The van der Waals surface area contributed by atoms with Gasteiger partial charge in [-0.05, 0) is 30.7 Å². The summed E-state index contributed by atoms with van der Waals surface area (Å²) in [6.45, 7) is 1.80. The Labute approximate surface area is 101 Å². The molecule has 1 aromatic carbocycles. The van der Waals surface area contributed by atoms with Crippen LogP contribution in [0, 0.1) is 6.92 Å². The molecule has 0 aliphatic rings. The maximum Gasteiger partial charge on any atom is 0.399 e. The molecule has 0 radical (unpaired) electrons. The van der Waals surface area contributed by atoms with Gasteiger partial charge in [0.15, 0.2) is 0 Å². The Morgan fingerprint density at radius 2 is 2.31 bits per heavy atom. The molecule has 0 fully saturated rings. The second kappa shape index (κ2) is 4.67. The van der Waals surface area contributed by atoms with Crippen LogP contribution >= 0.6 is 15.9 Å². The summed E-state index contributed by atoms with van der Waals surface area (Å²) < 4.78 is 11.4. The lowest BCUT2D eigenvalue weighted by Crippen LogP contribution is -1.87. The van der Waals surface area contributed by atoms with Crippen LogP contribution in [-0.2, 0) is 6.61 Å². The summed E-state index contributed by atoms with van der Waals surface area (Å²) in [5.41, 5.74) is 1.51. The number of aryl methyl sites for hydroxylation is 1. The number of aliphatic hydroxyl groups excluding tert-OH is 1. The van der Waals surface area contributed by atoms with Crippen LogP contribution in [0.4, 0.5) is 0 Å². The van der Waals surface area contributed by atoms with Crippen molar-refractivity contribution in [1.29, 1.82) is 0 Å². The summed E-state index contributed by atoms with van der Waals surface area (Å²) in [5, 5.41) is 8.81. The maximum atomic E-state index is 8.81. The number of halogens is 1. The van der Waals surface area contributed by atoms with Crippen LogP contribution in [0.5, 0.6) is 11.8 Å². The predicted molar refractivity (Wildman–Crippen MR) is 61.4 cm³/mol. The molecule has 16 heavy (non-hydrogen) atoms. The van der Waals surface area contributed by atoms with Crippen LogP contribution in [0.15, 0.2) is 33.4 Å². The number of aromatic nitrogens is 1. The molecule has 0 saturated heterocycles. The van der Waals surface area contributed by atoms with Crippen LogP contribution in [-0.4, -0.2) is 10.1 Å². The first kappa shape index (κ1) is 11.2. The van der Waals surface area contributed by atoms with Gasteiger partial charge in [-0.1, -0.05) is 15.9 Å². The normalized spacial score (nSPS) is 10.4. The monoisotopic (exact) mass is 283 g/mol. The van der Waals surface area contributed by atoms with Gasteiger partial charge in [-0.25, -0.2) is 0 Å². The van der Waals surface area contributed by atoms with Crippen molar-refractivity contribution in [3.63, 3.8) is 0 Å². The number of nitrogens with zero attached hydrogens (tertiary/aromatic N) is 1. The molecule has 0 atom stereocenters. The van der Waals surface area contributed by atoms with Crippen LogP contribution in [0.1, 0.15) is 11.3 Å². The highest BCUT2D eigenvalue weighted by molar-refractivity contribution is 9.10. The molecule has 0 spiro atoms. The first-order valence-corrected chi connectivity index (χ1v) is 5.47. The van der Waals surface area contributed by atoms with Crippen LogP contribution in [0.25, 0.3) is 0 Å². The highest BCUT2D eigenvalue weighted by Gasteiger charge is 2.06. The molecule has 1 N–H and O–H groups in total. The van der Waals surface area contributed by atoms with Gasteiger partial charge >= 0.3 is 6.08 Å². The van der Waals surface area contributed by atoms with Crippen molar-refractivity contribution in [2.45, 2.75) is 13.5 Å². The maximum absolute atomic E-state index is 8.81. The quantitative estimate of drug-likeness (QED) is 0.941. The fourth-order valence-electron chi connectivity index (χ4n) is 1.19. The summed E-state index contributed by atoms with van der Waals surface area (Å²) in [5.74, 6) is 0.645. The number of aliphatic hydroxyl groups is 1. The Balaban J connectivity index is 2.17. The fraction of sp³-hybridized carbons (Fsp3) is 0.182. The SMILES string of the molecule is Cc1cc(Oc2nc(CO)co2)ccc1Br. The van der Waals surface area contributed by atoms with E-state index in [4.69, 9.17) is 14.3 Å². The highest BCUT2D eigenvalue weighted by atomic mass is 79.9. The lowest BCUT2D eigenvalue weighted by molar-refractivity contribution is 0.276. The molecule has 5 heteroatoms. The molecule has 0 aliphatic carbocycles. The molecule has 2 rings (SSSR count). The number of hydrogen-bond acceptors (Lipinski definition) is 4. The largest absolute Gasteiger partial charge is 0.417 e. The molecule has 0 bridgehead atoms. The van der Waals surface area contributed by atoms with Gasteiger partial charge in [0, 0.05) is 4.47 Å². The van der Waals surface area contributed by atoms with Crippen molar-refractivity contribution in [2.24, 2.45) is 0 Å². The average Bonchev–Trinajstić information content (AvgIpc) is 2.71. The molecule has 1 heterocycles. The van der Waals surface area contributed by atoms with Crippen molar-refractivity contribution in [1.82, 2.24) is 4.98 Å². The highest BCUT2D eigenvalue weighted by Crippen LogP contribution is 2.25. The Bertz CT molecular complexity index is 496. The van der Waals surface area contributed by atoms with E-state index in [2.05, 4.69) is 20.9 Å². The Kier molecular flexibility index (Phi) is 3.26. The zero-order valence-corrected chi connectivity index (χ0v) is 10.2. The Hall–Kier alpha value is -1.33. The molecular weight excluding hydrogens is 274 g/mol. The molecule has 2 aromatic rings. The minimum Gasteiger partial charge on any atom is -0.417 e. The average molecular weight is 284 g/mol. The first-order chi connectivity index (χ1) is 7.69. The molecular formula is C11H10BrNO3. The van der Waals surface area contributed by atoms with Crippen LogP contribution in [0.2, 0.25) is 0 Å². The lowest BCUT2D eigenvalue weighted by Gasteiger charge is -2.02. The number of oxazole rings is 1. The van der Waals surface area contributed by atoms with E-state index in [-0.39, 0.29) is 12.7 Å². The molecule has 1 aromatic heterocycles. The van der Waals surface area contributed by atoms with Gasteiger partial charge in [0.1, 0.15) is 17.7 Å². The van der Waals surface area contributed by atoms with Crippen LogP contribution < -0.4 is 4.74 Å². The number of rotatable bonds is 3. The summed E-state index contributed by atoms with van der Waals surface area (Å²) in [6.07, 6.45) is 1.49. The molecule has 84 valence electrons. The number of ether oxygens (including phenoxy) is 1. The second-order valence-corrected chi connectivity index (χ2v) is 4.13. The van der Waals surface area contributed by atoms with Gasteiger partial charge in [-0.15, -0.1) is 0 Å².